The zero-order valence-electron chi connectivity index (χ0n) is 6.76. The summed E-state index contributed by atoms with van der Waals surface area (Å²) in [5, 5.41) is 0. The molecule has 0 radical (unpaired) electrons. The van der Waals surface area contributed by atoms with E-state index in [1.54, 1.807) is 5.57 Å². The third kappa shape index (κ3) is 2.65. The zero-order chi connectivity index (χ0) is 6.97. The molecule has 2 rings (SSSR count). The molecule has 2 aliphatic rings. The first-order chi connectivity index (χ1) is 4.88. The Bertz CT molecular complexity index is 199. The molecule has 0 aromatic carbocycles. The summed E-state index contributed by atoms with van der Waals surface area (Å²) < 4.78 is 1.01. The summed E-state index contributed by atoms with van der Waals surface area (Å²) in [4.78, 5) is 0. The monoisotopic (exact) mass is 457 g/mol. The van der Waals surface area contributed by atoms with Crippen LogP contribution in [0.2, 0.25) is 3.67 Å². The van der Waals surface area contributed by atoms with Gasteiger partial charge >= 0.3 is 77.0 Å². The van der Waals surface area contributed by atoms with Crippen molar-refractivity contribution in [3.63, 3.8) is 0 Å². The molecule has 0 aliphatic heterocycles. The summed E-state index contributed by atoms with van der Waals surface area (Å²) in [5.41, 5.74) is 1.77. The van der Waals surface area contributed by atoms with E-state index in [0.717, 1.165) is 9.59 Å². The van der Waals surface area contributed by atoms with Crippen LogP contribution in [-0.4, -0.2) is 0 Å². The van der Waals surface area contributed by atoms with Crippen molar-refractivity contribution in [3.8, 4) is 0 Å². The first kappa shape index (κ1) is 13.3. The normalized spacial score (nSPS) is 31.3. The van der Waals surface area contributed by atoms with E-state index >= 15 is 0 Å². The molecule has 0 aromatic heterocycles. The maximum atomic E-state index is 2.36. The van der Waals surface area contributed by atoms with Gasteiger partial charge in [-0.15, -0.1) is 0 Å². The Kier molecular flexibility index (Phi) is 6.57. The van der Waals surface area contributed by atoms with E-state index in [1.807, 2.05) is 0 Å². The van der Waals surface area contributed by atoms with Crippen LogP contribution in [0.15, 0.2) is 23.8 Å². The molecule has 0 nitrogen and oxygen atoms in total. The first-order valence-corrected chi connectivity index (χ1v) is 6.03. The van der Waals surface area contributed by atoms with Crippen LogP contribution in [0.1, 0.15) is 19.3 Å². The molecule has 2 unspecified atom stereocenters. The molecule has 0 spiro atoms. The van der Waals surface area contributed by atoms with Gasteiger partial charge in [0.2, 0.25) is 0 Å². The van der Waals surface area contributed by atoms with Crippen molar-refractivity contribution in [3.05, 3.63) is 23.8 Å². The Labute approximate surface area is 110 Å². The van der Waals surface area contributed by atoms with Gasteiger partial charge in [0.1, 0.15) is 0 Å². The molecule has 3 heteroatoms. The Morgan fingerprint density at radius 3 is 2.67 bits per heavy atom. The molecular formula is C9H11Br2Hf. The molecule has 0 aromatic rings. The molecule has 1 fully saturated rings. The van der Waals surface area contributed by atoms with Gasteiger partial charge in [-0.2, -0.15) is 0 Å². The predicted molar refractivity (Wildman–Crippen MR) is 38.3 cm³/mol. The topological polar surface area (TPSA) is 0 Å². The van der Waals surface area contributed by atoms with Crippen LogP contribution in [0.3, 0.4) is 0 Å². The Balaban J connectivity index is 0.000000605. The van der Waals surface area contributed by atoms with Crippen molar-refractivity contribution >= 4 is 0 Å². The molecule has 2 atom stereocenters. The van der Waals surface area contributed by atoms with Crippen molar-refractivity contribution in [2.45, 2.75) is 22.9 Å². The fourth-order valence-electron chi connectivity index (χ4n) is 1.91. The van der Waals surface area contributed by atoms with Gasteiger partial charge in [-0.1, -0.05) is 0 Å². The van der Waals surface area contributed by atoms with Crippen molar-refractivity contribution in [2.75, 3.05) is 0 Å². The van der Waals surface area contributed by atoms with Crippen LogP contribution in [-0.2, 0) is 24.4 Å². The minimum atomic E-state index is 0. The van der Waals surface area contributed by atoms with Crippen LogP contribution in [0.4, 0.5) is 0 Å². The molecule has 65 valence electrons. The van der Waals surface area contributed by atoms with Gasteiger partial charge in [-0.05, 0) is 0 Å². The quantitative estimate of drug-likeness (QED) is 0.334. The molecule has 0 N–H and O–H groups in total. The number of fused-ring (bicyclic) bond motifs is 1. The fraction of sp³-hybridized carbons (Fsp3) is 0.556. The molecule has 2 aliphatic carbocycles. The van der Waals surface area contributed by atoms with E-state index in [1.165, 1.54) is 43.6 Å². The summed E-state index contributed by atoms with van der Waals surface area (Å²) in [5.74, 6) is 0.951. The molecule has 0 amide bonds. The van der Waals surface area contributed by atoms with Gasteiger partial charge < -0.3 is 34.0 Å². The molecule has 0 bridgehead atoms. The van der Waals surface area contributed by atoms with Gasteiger partial charge in [0.15, 0.2) is 0 Å². The van der Waals surface area contributed by atoms with E-state index in [2.05, 4.69) is 18.2 Å². The maximum absolute atomic E-state index is 2.36. The molecule has 0 heterocycles. The summed E-state index contributed by atoms with van der Waals surface area (Å²) in [7, 11) is 0. The van der Waals surface area contributed by atoms with Crippen LogP contribution in [0, 0.1) is 5.92 Å². The van der Waals surface area contributed by atoms with Crippen LogP contribution >= 0.6 is 0 Å². The van der Waals surface area contributed by atoms with Crippen molar-refractivity contribution < 1.29 is 58.3 Å². The second-order valence-electron chi connectivity index (χ2n) is 3.16. The first-order valence-electron chi connectivity index (χ1n) is 3.95. The van der Waals surface area contributed by atoms with Gasteiger partial charge in [-0.3, -0.25) is 0 Å². The van der Waals surface area contributed by atoms with E-state index in [0.29, 0.717) is 0 Å². The van der Waals surface area contributed by atoms with Gasteiger partial charge in [0.25, 0.3) is 0 Å². The van der Waals surface area contributed by atoms with E-state index in [4.69, 9.17) is 0 Å². The number of rotatable bonds is 0. The predicted octanol–water partition coefficient (Wildman–Crippen LogP) is -3.37. The van der Waals surface area contributed by atoms with Crippen molar-refractivity contribution in [2.24, 2.45) is 5.92 Å². The second-order valence-corrected chi connectivity index (χ2v) is 5.66. The summed E-state index contributed by atoms with van der Waals surface area (Å²) in [6.45, 7) is 0. The second kappa shape index (κ2) is 5.92. The third-order valence-corrected chi connectivity index (χ3v) is 4.76. The van der Waals surface area contributed by atoms with E-state index in [-0.39, 0.29) is 34.0 Å². The van der Waals surface area contributed by atoms with Crippen molar-refractivity contribution in [1.82, 2.24) is 0 Å². The summed E-state index contributed by atoms with van der Waals surface area (Å²) in [6.07, 6.45) is 11.2. The molecular weight excluding hydrogens is 446 g/mol. The zero-order valence-corrected chi connectivity index (χ0v) is 13.5. The molecule has 1 saturated carbocycles. The average molecular weight is 457 g/mol. The number of hydrogen-bond acceptors (Lipinski definition) is 0. The van der Waals surface area contributed by atoms with Crippen molar-refractivity contribution in [1.29, 1.82) is 0 Å². The SMILES string of the molecule is [Br-].[Br-].[Hf+2][CH]1CCC2CC=CC=C12. The van der Waals surface area contributed by atoms with Crippen LogP contribution < -0.4 is 34.0 Å². The average Bonchev–Trinajstić information content (AvgIpc) is 2.34. The van der Waals surface area contributed by atoms with Gasteiger partial charge in [-0.25, -0.2) is 0 Å². The van der Waals surface area contributed by atoms with Crippen LogP contribution in [0.5, 0.6) is 0 Å². The number of hydrogen-bond donors (Lipinski definition) is 0. The summed E-state index contributed by atoms with van der Waals surface area (Å²) in [6, 6.07) is 0. The Morgan fingerprint density at radius 1 is 1.25 bits per heavy atom. The Hall–Kier alpha value is 1.31. The third-order valence-electron chi connectivity index (χ3n) is 2.52. The number of halogens is 2. The molecule has 0 saturated heterocycles. The number of allylic oxidation sites excluding steroid dienone is 4. The standard InChI is InChI=1S/C9H11.2BrH.Hf/c1-2-5-9-7-3-6-8(9)4-1;;;/h1-2,4,6,9H,3,5,7H2;2*1H;/q;;;+2/p-2. The summed E-state index contributed by atoms with van der Waals surface area (Å²) >= 11 is 1.37. The van der Waals surface area contributed by atoms with E-state index in [9.17, 15) is 0 Å². The van der Waals surface area contributed by atoms with Crippen LogP contribution in [0.25, 0.3) is 0 Å². The van der Waals surface area contributed by atoms with Gasteiger partial charge in [0, 0.05) is 0 Å². The van der Waals surface area contributed by atoms with E-state index < -0.39 is 0 Å². The van der Waals surface area contributed by atoms with Gasteiger partial charge in [0.05, 0.1) is 0 Å². The fourth-order valence-corrected chi connectivity index (χ4v) is 3.71. The Morgan fingerprint density at radius 2 is 2.00 bits per heavy atom. The molecule has 12 heavy (non-hydrogen) atoms. The minimum absolute atomic E-state index is 0.